The molecule has 30 heavy (non-hydrogen) atoms. The molecule has 3 N–H and O–H groups in total. The normalized spacial score (nSPS) is 14.2. The van der Waals surface area contributed by atoms with Crippen molar-refractivity contribution in [1.29, 1.82) is 0 Å². The fraction of sp³-hybridized carbons (Fsp3) is 0.550. The molecule has 0 aliphatic carbocycles. The number of rotatable bonds is 6. The Labute approximate surface area is 172 Å². The van der Waals surface area contributed by atoms with Crippen molar-refractivity contribution in [2.75, 3.05) is 23.3 Å². The van der Waals surface area contributed by atoms with Crippen LogP contribution < -0.4 is 10.2 Å². The van der Waals surface area contributed by atoms with E-state index in [2.05, 4.69) is 10.2 Å². The Morgan fingerprint density at radius 1 is 1.07 bits per heavy atom. The number of hydrogen-bond acceptors (Lipinski definition) is 4. The van der Waals surface area contributed by atoms with Crippen LogP contribution in [0.5, 0.6) is 0 Å². The van der Waals surface area contributed by atoms with Gasteiger partial charge in [-0.1, -0.05) is 26.2 Å². The van der Waals surface area contributed by atoms with Gasteiger partial charge in [0.05, 0.1) is 11.3 Å². The van der Waals surface area contributed by atoms with Gasteiger partial charge >= 0.3 is 18.1 Å². The monoisotopic (exact) mass is 432 g/mol. The van der Waals surface area contributed by atoms with Crippen molar-refractivity contribution in [2.45, 2.75) is 58.0 Å². The first kappa shape index (κ1) is 25.3. The molecular weight excluding hydrogens is 405 g/mol. The lowest BCUT2D eigenvalue weighted by molar-refractivity contribution is -0.192. The van der Waals surface area contributed by atoms with Crippen LogP contribution in [0.25, 0.3) is 0 Å². The van der Waals surface area contributed by atoms with Gasteiger partial charge in [-0.25, -0.2) is 9.59 Å². The largest absolute Gasteiger partial charge is 0.490 e. The number of aliphatic carboxylic acids is 1. The predicted molar refractivity (Wildman–Crippen MR) is 106 cm³/mol. The van der Waals surface area contributed by atoms with E-state index in [9.17, 15) is 27.9 Å². The van der Waals surface area contributed by atoms with Gasteiger partial charge in [0.1, 0.15) is 0 Å². The molecule has 0 aromatic heterocycles. The van der Waals surface area contributed by atoms with E-state index in [1.165, 1.54) is 12.8 Å². The van der Waals surface area contributed by atoms with E-state index in [1.807, 2.05) is 13.0 Å². The van der Waals surface area contributed by atoms with Crippen LogP contribution in [0.1, 0.15) is 62.2 Å². The average molecular weight is 432 g/mol. The highest BCUT2D eigenvalue weighted by Crippen LogP contribution is 2.27. The SMILES string of the molecule is CCCCC(=O)Nc1ccc(N2CCCCCC2)c(C(=O)O)c1.O=C(O)C(F)(F)F. The van der Waals surface area contributed by atoms with Gasteiger partial charge in [0.2, 0.25) is 5.91 Å². The van der Waals surface area contributed by atoms with Gasteiger partial charge in [-0.05, 0) is 37.5 Å². The minimum absolute atomic E-state index is 0.0642. The zero-order chi connectivity index (χ0) is 22.7. The van der Waals surface area contributed by atoms with Crippen molar-refractivity contribution < 1.29 is 37.8 Å². The van der Waals surface area contributed by atoms with Crippen LogP contribution in [0.15, 0.2) is 18.2 Å². The number of anilines is 2. The van der Waals surface area contributed by atoms with Crippen LogP contribution in [0.3, 0.4) is 0 Å². The second-order valence-electron chi connectivity index (χ2n) is 6.89. The van der Waals surface area contributed by atoms with Gasteiger partial charge < -0.3 is 20.4 Å². The van der Waals surface area contributed by atoms with E-state index in [0.717, 1.165) is 44.5 Å². The molecule has 0 spiro atoms. The summed E-state index contributed by atoms with van der Waals surface area (Å²) in [5.74, 6) is -3.77. The van der Waals surface area contributed by atoms with E-state index >= 15 is 0 Å². The number of amides is 1. The maximum atomic E-state index is 11.8. The van der Waals surface area contributed by atoms with Crippen molar-refractivity contribution in [1.82, 2.24) is 0 Å². The summed E-state index contributed by atoms with van der Waals surface area (Å²) >= 11 is 0. The number of hydrogen-bond donors (Lipinski definition) is 3. The van der Waals surface area contributed by atoms with Crippen molar-refractivity contribution in [3.63, 3.8) is 0 Å². The van der Waals surface area contributed by atoms with Gasteiger partial charge in [0, 0.05) is 25.2 Å². The summed E-state index contributed by atoms with van der Waals surface area (Å²) in [6.07, 6.45) is 1.76. The quantitative estimate of drug-likeness (QED) is 0.610. The molecule has 2 rings (SSSR count). The van der Waals surface area contributed by atoms with Crippen LogP contribution in [-0.2, 0) is 9.59 Å². The first-order chi connectivity index (χ1) is 14.1. The molecule has 1 heterocycles. The molecule has 0 bridgehead atoms. The third-order valence-electron chi connectivity index (χ3n) is 4.46. The van der Waals surface area contributed by atoms with Crippen LogP contribution in [0, 0.1) is 0 Å². The van der Waals surface area contributed by atoms with E-state index in [1.54, 1.807) is 12.1 Å². The fourth-order valence-corrected chi connectivity index (χ4v) is 2.93. The topological polar surface area (TPSA) is 107 Å². The van der Waals surface area contributed by atoms with Crippen LogP contribution in [0.4, 0.5) is 24.5 Å². The van der Waals surface area contributed by atoms with Crippen molar-refractivity contribution >= 4 is 29.2 Å². The number of unbranched alkanes of at least 4 members (excludes halogenated alkanes) is 1. The number of halogens is 3. The summed E-state index contributed by atoms with van der Waals surface area (Å²) in [6, 6.07) is 5.20. The van der Waals surface area contributed by atoms with E-state index in [4.69, 9.17) is 9.90 Å². The third-order valence-corrected chi connectivity index (χ3v) is 4.46. The average Bonchev–Trinajstić information content (AvgIpc) is 2.95. The fourth-order valence-electron chi connectivity index (χ4n) is 2.93. The van der Waals surface area contributed by atoms with Gasteiger partial charge in [-0.2, -0.15) is 13.2 Å². The molecule has 168 valence electrons. The lowest BCUT2D eigenvalue weighted by atomic mass is 10.1. The number of carboxylic acids is 2. The van der Waals surface area contributed by atoms with E-state index in [0.29, 0.717) is 12.1 Å². The summed E-state index contributed by atoms with van der Waals surface area (Å²) in [5.41, 5.74) is 1.58. The number of carboxylic acid groups (broad SMARTS) is 2. The van der Waals surface area contributed by atoms with Crippen LogP contribution in [0.2, 0.25) is 0 Å². The number of nitrogens with zero attached hydrogens (tertiary/aromatic N) is 1. The molecule has 10 heteroatoms. The van der Waals surface area contributed by atoms with Crippen LogP contribution >= 0.6 is 0 Å². The number of alkyl halides is 3. The molecule has 1 aliphatic rings. The minimum Gasteiger partial charge on any atom is -0.478 e. The highest BCUT2D eigenvalue weighted by molar-refractivity contribution is 5.98. The Hall–Kier alpha value is -2.78. The highest BCUT2D eigenvalue weighted by atomic mass is 19.4. The zero-order valence-electron chi connectivity index (χ0n) is 16.8. The highest BCUT2D eigenvalue weighted by Gasteiger charge is 2.38. The molecule has 1 fully saturated rings. The lowest BCUT2D eigenvalue weighted by Crippen LogP contribution is -2.26. The Balaban J connectivity index is 0.000000553. The predicted octanol–water partition coefficient (Wildman–Crippen LogP) is 4.53. The lowest BCUT2D eigenvalue weighted by Gasteiger charge is -2.24. The molecule has 1 amide bonds. The third kappa shape index (κ3) is 8.71. The zero-order valence-corrected chi connectivity index (χ0v) is 16.8. The molecule has 1 aliphatic heterocycles. The van der Waals surface area contributed by atoms with Crippen molar-refractivity contribution in [2.24, 2.45) is 0 Å². The standard InChI is InChI=1S/C18H26N2O3.C2HF3O2/c1-2-3-8-17(21)19-14-9-10-16(15(13-14)18(22)23)20-11-6-4-5-7-12-20;3-2(4,5)1(6)7/h9-10,13H,2-8,11-12H2,1H3,(H,19,21)(H,22,23);(H,6,7). The maximum absolute atomic E-state index is 11.8. The number of nitrogens with one attached hydrogen (secondary N) is 1. The Kier molecular flexibility index (Phi) is 10.1. The van der Waals surface area contributed by atoms with Gasteiger partial charge in [0.25, 0.3) is 0 Å². The minimum atomic E-state index is -5.08. The van der Waals surface area contributed by atoms with Crippen molar-refractivity contribution in [3.8, 4) is 0 Å². The Morgan fingerprint density at radius 3 is 2.10 bits per heavy atom. The maximum Gasteiger partial charge on any atom is 0.490 e. The number of carbonyl (C=O) groups excluding carboxylic acids is 1. The molecule has 0 radical (unpaired) electrons. The summed E-state index contributed by atoms with van der Waals surface area (Å²) in [5, 5.41) is 19.4. The smallest absolute Gasteiger partial charge is 0.478 e. The summed E-state index contributed by atoms with van der Waals surface area (Å²) < 4.78 is 31.7. The first-order valence-electron chi connectivity index (χ1n) is 9.78. The molecular formula is C20H27F3N2O5. The van der Waals surface area contributed by atoms with Crippen molar-refractivity contribution in [3.05, 3.63) is 23.8 Å². The Bertz CT molecular complexity index is 730. The molecule has 1 aromatic rings. The van der Waals surface area contributed by atoms with E-state index in [-0.39, 0.29) is 11.5 Å². The summed E-state index contributed by atoms with van der Waals surface area (Å²) in [6.45, 7) is 3.82. The molecule has 1 saturated heterocycles. The second-order valence-corrected chi connectivity index (χ2v) is 6.89. The molecule has 7 nitrogen and oxygen atoms in total. The molecule has 0 saturated carbocycles. The number of aromatic carboxylic acids is 1. The van der Waals surface area contributed by atoms with Gasteiger partial charge in [0.15, 0.2) is 0 Å². The second kappa shape index (κ2) is 12.0. The number of carbonyl (C=O) groups is 3. The molecule has 0 unspecified atom stereocenters. The Morgan fingerprint density at radius 2 is 1.63 bits per heavy atom. The molecule has 1 aromatic carbocycles. The van der Waals surface area contributed by atoms with E-state index < -0.39 is 18.1 Å². The summed E-state index contributed by atoms with van der Waals surface area (Å²) in [4.78, 5) is 34.5. The molecule has 0 atom stereocenters. The summed E-state index contributed by atoms with van der Waals surface area (Å²) in [7, 11) is 0. The van der Waals surface area contributed by atoms with Gasteiger partial charge in [-0.3, -0.25) is 4.79 Å². The first-order valence-corrected chi connectivity index (χ1v) is 9.78. The van der Waals surface area contributed by atoms with Gasteiger partial charge in [-0.15, -0.1) is 0 Å². The van der Waals surface area contributed by atoms with Crippen LogP contribution in [-0.4, -0.2) is 47.3 Å². The number of benzene rings is 1.